The van der Waals surface area contributed by atoms with Crippen LogP contribution in [0.2, 0.25) is 0 Å². The monoisotopic (exact) mass is 286 g/mol. The van der Waals surface area contributed by atoms with Crippen LogP contribution in [0.15, 0.2) is 24.3 Å². The van der Waals surface area contributed by atoms with Gasteiger partial charge in [0.1, 0.15) is 0 Å². The SMILES string of the molecule is NC(=O)C1([C@H]2CCC(=O)NC2=O)CCCc2ccccc21. The highest BCUT2D eigenvalue weighted by Gasteiger charge is 2.52. The van der Waals surface area contributed by atoms with E-state index in [-0.39, 0.29) is 18.2 Å². The number of benzene rings is 1. The molecular formula is C16H18N2O3. The summed E-state index contributed by atoms with van der Waals surface area (Å²) in [5.41, 5.74) is 6.69. The Morgan fingerprint density at radius 1 is 1.24 bits per heavy atom. The van der Waals surface area contributed by atoms with Gasteiger partial charge >= 0.3 is 0 Å². The fraction of sp³-hybridized carbons (Fsp3) is 0.438. The van der Waals surface area contributed by atoms with Crippen molar-refractivity contribution < 1.29 is 14.4 Å². The first kappa shape index (κ1) is 13.8. The maximum Gasteiger partial charge on any atom is 0.231 e. The summed E-state index contributed by atoms with van der Waals surface area (Å²) in [5, 5.41) is 2.35. The zero-order valence-electron chi connectivity index (χ0n) is 11.7. The number of primary amides is 1. The van der Waals surface area contributed by atoms with Crippen molar-refractivity contribution in [1.82, 2.24) is 5.32 Å². The van der Waals surface area contributed by atoms with Crippen LogP contribution in [-0.2, 0) is 26.2 Å². The Morgan fingerprint density at radius 3 is 2.71 bits per heavy atom. The van der Waals surface area contributed by atoms with Crippen molar-refractivity contribution in [2.45, 2.75) is 37.5 Å². The molecule has 0 aromatic heterocycles. The highest BCUT2D eigenvalue weighted by molar-refractivity contribution is 6.03. The van der Waals surface area contributed by atoms with Gasteiger partial charge in [-0.15, -0.1) is 0 Å². The first-order chi connectivity index (χ1) is 10.1. The Hall–Kier alpha value is -2.17. The van der Waals surface area contributed by atoms with Gasteiger partial charge in [0.05, 0.1) is 11.3 Å². The van der Waals surface area contributed by atoms with Gasteiger partial charge in [-0.3, -0.25) is 19.7 Å². The number of piperidine rings is 1. The van der Waals surface area contributed by atoms with Crippen molar-refractivity contribution in [3.8, 4) is 0 Å². The van der Waals surface area contributed by atoms with Crippen LogP contribution in [0.25, 0.3) is 0 Å². The van der Waals surface area contributed by atoms with E-state index >= 15 is 0 Å². The van der Waals surface area contributed by atoms with Crippen molar-refractivity contribution in [3.05, 3.63) is 35.4 Å². The van der Waals surface area contributed by atoms with Gasteiger partial charge in [0, 0.05) is 6.42 Å². The van der Waals surface area contributed by atoms with E-state index in [0.29, 0.717) is 12.8 Å². The number of nitrogens with one attached hydrogen (secondary N) is 1. The Balaban J connectivity index is 2.12. The van der Waals surface area contributed by atoms with Gasteiger partial charge in [-0.2, -0.15) is 0 Å². The average Bonchev–Trinajstić information content (AvgIpc) is 2.46. The molecule has 1 saturated heterocycles. The highest BCUT2D eigenvalue weighted by Crippen LogP contribution is 2.45. The Bertz CT molecular complexity index is 626. The van der Waals surface area contributed by atoms with Crippen molar-refractivity contribution >= 4 is 17.7 Å². The summed E-state index contributed by atoms with van der Waals surface area (Å²) >= 11 is 0. The quantitative estimate of drug-likeness (QED) is 0.788. The van der Waals surface area contributed by atoms with E-state index in [2.05, 4.69) is 5.32 Å². The summed E-state index contributed by atoms with van der Waals surface area (Å²) in [7, 11) is 0. The van der Waals surface area contributed by atoms with Crippen LogP contribution >= 0.6 is 0 Å². The predicted molar refractivity (Wildman–Crippen MR) is 76.1 cm³/mol. The lowest BCUT2D eigenvalue weighted by atomic mass is 9.60. The van der Waals surface area contributed by atoms with Crippen LogP contribution in [-0.4, -0.2) is 17.7 Å². The molecule has 1 fully saturated rings. The minimum absolute atomic E-state index is 0.258. The second-order valence-corrected chi connectivity index (χ2v) is 5.85. The Kier molecular flexibility index (Phi) is 3.27. The van der Waals surface area contributed by atoms with Gasteiger partial charge in [0.25, 0.3) is 0 Å². The van der Waals surface area contributed by atoms with Crippen LogP contribution in [0.4, 0.5) is 0 Å². The number of rotatable bonds is 2. The molecular weight excluding hydrogens is 268 g/mol. The molecule has 3 N–H and O–H groups in total. The molecule has 0 saturated carbocycles. The first-order valence-electron chi connectivity index (χ1n) is 7.27. The maximum absolute atomic E-state index is 12.3. The molecule has 0 bridgehead atoms. The maximum atomic E-state index is 12.3. The Labute approximate surface area is 122 Å². The van der Waals surface area contributed by atoms with Gasteiger partial charge in [-0.25, -0.2) is 0 Å². The third-order valence-electron chi connectivity index (χ3n) is 4.79. The molecule has 0 radical (unpaired) electrons. The number of carbonyl (C=O) groups excluding carboxylic acids is 3. The fourth-order valence-electron chi connectivity index (χ4n) is 3.82. The molecule has 3 rings (SSSR count). The van der Waals surface area contributed by atoms with Crippen molar-refractivity contribution in [1.29, 1.82) is 0 Å². The highest BCUT2D eigenvalue weighted by atomic mass is 16.2. The van der Waals surface area contributed by atoms with E-state index in [1.54, 1.807) is 0 Å². The summed E-state index contributed by atoms with van der Waals surface area (Å²) in [6, 6.07) is 7.68. The summed E-state index contributed by atoms with van der Waals surface area (Å²) in [6.07, 6.45) is 2.90. The number of nitrogens with two attached hydrogens (primary N) is 1. The molecule has 2 atom stereocenters. The number of hydrogen-bond donors (Lipinski definition) is 2. The second-order valence-electron chi connectivity index (χ2n) is 5.85. The normalized spacial score (nSPS) is 28.7. The van der Waals surface area contributed by atoms with Crippen molar-refractivity contribution in [3.63, 3.8) is 0 Å². The smallest absolute Gasteiger partial charge is 0.231 e. The van der Waals surface area contributed by atoms with E-state index in [9.17, 15) is 14.4 Å². The van der Waals surface area contributed by atoms with Crippen molar-refractivity contribution in [2.75, 3.05) is 0 Å². The summed E-state index contributed by atoms with van der Waals surface area (Å²) in [5.74, 6) is -1.68. The summed E-state index contributed by atoms with van der Waals surface area (Å²) in [6.45, 7) is 0. The molecule has 1 heterocycles. The topological polar surface area (TPSA) is 89.3 Å². The predicted octanol–water partition coefficient (Wildman–Crippen LogP) is 0.799. The van der Waals surface area contributed by atoms with Gasteiger partial charge in [0.2, 0.25) is 17.7 Å². The molecule has 110 valence electrons. The molecule has 2 aliphatic rings. The minimum atomic E-state index is -0.986. The van der Waals surface area contributed by atoms with Crippen molar-refractivity contribution in [2.24, 2.45) is 11.7 Å². The largest absolute Gasteiger partial charge is 0.369 e. The third-order valence-corrected chi connectivity index (χ3v) is 4.79. The zero-order chi connectivity index (χ0) is 15.0. The molecule has 3 amide bonds. The third kappa shape index (κ3) is 2.04. The lowest BCUT2D eigenvalue weighted by molar-refractivity contribution is -0.143. The van der Waals surface area contributed by atoms with Gasteiger partial charge < -0.3 is 5.73 Å². The number of imide groups is 1. The molecule has 1 unspecified atom stereocenters. The standard InChI is InChI=1S/C16H18N2O3/c17-15(21)16(12-7-8-13(19)18-14(12)20)9-3-5-10-4-1-2-6-11(10)16/h1-2,4,6,12H,3,5,7-9H2,(H2,17,21)(H,18,19,20)/t12-,16?/m0/s1. The summed E-state index contributed by atoms with van der Waals surface area (Å²) < 4.78 is 0. The number of fused-ring (bicyclic) bond motifs is 1. The van der Waals surface area contributed by atoms with Crippen LogP contribution in [0.1, 0.15) is 36.8 Å². The number of aryl methyl sites for hydroxylation is 1. The Morgan fingerprint density at radius 2 is 2.00 bits per heavy atom. The van der Waals surface area contributed by atoms with Crippen LogP contribution in [0.3, 0.4) is 0 Å². The fourth-order valence-corrected chi connectivity index (χ4v) is 3.82. The molecule has 0 spiro atoms. The van der Waals surface area contributed by atoms with Crippen LogP contribution in [0.5, 0.6) is 0 Å². The average molecular weight is 286 g/mol. The molecule has 5 nitrogen and oxygen atoms in total. The number of amides is 3. The van der Waals surface area contributed by atoms with Gasteiger partial charge in [0.15, 0.2) is 0 Å². The lowest BCUT2D eigenvalue weighted by Crippen LogP contribution is -2.57. The zero-order valence-corrected chi connectivity index (χ0v) is 11.7. The van der Waals surface area contributed by atoms with E-state index < -0.39 is 17.2 Å². The first-order valence-corrected chi connectivity index (χ1v) is 7.27. The van der Waals surface area contributed by atoms with E-state index in [0.717, 1.165) is 24.0 Å². The van der Waals surface area contributed by atoms with Crippen LogP contribution in [0, 0.1) is 5.92 Å². The van der Waals surface area contributed by atoms with E-state index in [1.807, 2.05) is 24.3 Å². The lowest BCUT2D eigenvalue weighted by Gasteiger charge is -2.42. The molecule has 1 aliphatic heterocycles. The van der Waals surface area contributed by atoms with E-state index in [1.165, 1.54) is 0 Å². The number of hydrogen-bond acceptors (Lipinski definition) is 3. The molecule has 1 aromatic rings. The number of carbonyl (C=O) groups is 3. The van der Waals surface area contributed by atoms with Gasteiger partial charge in [-0.1, -0.05) is 24.3 Å². The van der Waals surface area contributed by atoms with E-state index in [4.69, 9.17) is 5.73 Å². The van der Waals surface area contributed by atoms with Crippen LogP contribution < -0.4 is 11.1 Å². The molecule has 5 heteroatoms. The minimum Gasteiger partial charge on any atom is -0.369 e. The molecule has 1 aromatic carbocycles. The summed E-state index contributed by atoms with van der Waals surface area (Å²) in [4.78, 5) is 36.0. The molecule has 1 aliphatic carbocycles. The van der Waals surface area contributed by atoms with Gasteiger partial charge in [-0.05, 0) is 36.8 Å². The second kappa shape index (κ2) is 4.98. The molecule has 21 heavy (non-hydrogen) atoms.